The summed E-state index contributed by atoms with van der Waals surface area (Å²) in [6.07, 6.45) is 0. The van der Waals surface area contributed by atoms with E-state index >= 15 is 0 Å². The Morgan fingerprint density at radius 3 is 2.90 bits per heavy atom. The highest BCUT2D eigenvalue weighted by atomic mass is 32.1. The van der Waals surface area contributed by atoms with Crippen LogP contribution in [0.2, 0.25) is 0 Å². The lowest BCUT2D eigenvalue weighted by Crippen LogP contribution is -2.10. The van der Waals surface area contributed by atoms with Gasteiger partial charge in [0, 0.05) is 0 Å². The highest BCUT2D eigenvalue weighted by molar-refractivity contribution is 7.14. The second-order valence-corrected chi connectivity index (χ2v) is 5.29. The summed E-state index contributed by atoms with van der Waals surface area (Å²) in [5.74, 6) is 5.83. The van der Waals surface area contributed by atoms with Crippen LogP contribution in [0.3, 0.4) is 0 Å². The van der Waals surface area contributed by atoms with Gasteiger partial charge in [0.25, 0.3) is 5.91 Å². The maximum absolute atomic E-state index is 12.3. The number of aliphatic hydroxyl groups excluding tert-OH is 1. The summed E-state index contributed by atoms with van der Waals surface area (Å²) in [7, 11) is 1.56. The van der Waals surface area contributed by atoms with Crippen molar-refractivity contribution in [2.75, 3.05) is 19.0 Å². The molecule has 1 aromatic heterocycles. The van der Waals surface area contributed by atoms with Crippen LogP contribution in [0.1, 0.15) is 20.1 Å². The van der Waals surface area contributed by atoms with Gasteiger partial charge in [-0.2, -0.15) is 0 Å². The standard InChI is InChI=1S/C16H15NO3S/c1-11-10-15(21-14(11)8-5-9-18)16(19)17-12-6-3-4-7-13(12)20-2/h3-4,6-7,10,18H,9H2,1-2H3,(H,17,19). The summed E-state index contributed by atoms with van der Waals surface area (Å²) < 4.78 is 5.20. The molecule has 1 amide bonds. The fraction of sp³-hybridized carbons (Fsp3) is 0.188. The highest BCUT2D eigenvalue weighted by Gasteiger charge is 2.13. The third-order valence-electron chi connectivity index (χ3n) is 2.78. The third-order valence-corrected chi connectivity index (χ3v) is 3.93. The molecule has 4 nitrogen and oxygen atoms in total. The lowest BCUT2D eigenvalue weighted by molar-refractivity contribution is 0.103. The first-order valence-corrected chi connectivity index (χ1v) is 7.12. The summed E-state index contributed by atoms with van der Waals surface area (Å²) in [6.45, 7) is 1.69. The zero-order chi connectivity index (χ0) is 15.2. The van der Waals surface area contributed by atoms with Crippen molar-refractivity contribution in [1.82, 2.24) is 0 Å². The zero-order valence-corrected chi connectivity index (χ0v) is 12.6. The molecule has 0 unspecified atom stereocenters. The first-order chi connectivity index (χ1) is 10.2. The average Bonchev–Trinajstić information content (AvgIpc) is 2.87. The van der Waals surface area contributed by atoms with Gasteiger partial charge in [-0.15, -0.1) is 11.3 Å². The van der Waals surface area contributed by atoms with E-state index in [1.54, 1.807) is 25.3 Å². The molecule has 0 atom stereocenters. The van der Waals surface area contributed by atoms with Crippen molar-refractivity contribution in [3.8, 4) is 17.6 Å². The Kier molecular flexibility index (Phi) is 4.99. The number of benzene rings is 1. The van der Waals surface area contributed by atoms with Crippen molar-refractivity contribution < 1.29 is 14.6 Å². The number of rotatable bonds is 3. The SMILES string of the molecule is COc1ccccc1NC(=O)c1cc(C)c(C#CCO)s1. The number of nitrogens with one attached hydrogen (secondary N) is 1. The first-order valence-electron chi connectivity index (χ1n) is 6.30. The molecule has 0 aliphatic carbocycles. The van der Waals surface area contributed by atoms with Crippen LogP contribution in [0.25, 0.3) is 0 Å². The minimum absolute atomic E-state index is 0.194. The number of anilines is 1. The molecule has 1 heterocycles. The summed E-state index contributed by atoms with van der Waals surface area (Å²) in [6, 6.07) is 9.02. The number of methoxy groups -OCH3 is 1. The predicted octanol–water partition coefficient (Wildman–Crippen LogP) is 2.66. The Hall–Kier alpha value is -2.29. The maximum Gasteiger partial charge on any atom is 0.265 e. The number of carbonyl (C=O) groups is 1. The molecule has 0 aliphatic heterocycles. The van der Waals surface area contributed by atoms with E-state index in [4.69, 9.17) is 9.84 Å². The zero-order valence-electron chi connectivity index (χ0n) is 11.8. The van der Waals surface area contributed by atoms with Crippen LogP contribution in [0.4, 0.5) is 5.69 Å². The van der Waals surface area contributed by atoms with Crippen LogP contribution < -0.4 is 10.1 Å². The summed E-state index contributed by atoms with van der Waals surface area (Å²) >= 11 is 1.30. The molecule has 0 spiro atoms. The molecule has 1 aromatic carbocycles. The van der Waals surface area contributed by atoms with Crippen molar-refractivity contribution in [3.05, 3.63) is 45.6 Å². The molecule has 21 heavy (non-hydrogen) atoms. The van der Waals surface area contributed by atoms with Crippen LogP contribution in [0, 0.1) is 18.8 Å². The number of amides is 1. The monoisotopic (exact) mass is 301 g/mol. The Labute approximate surface area is 127 Å². The first kappa shape index (κ1) is 15.1. The number of carbonyl (C=O) groups excluding carboxylic acids is 1. The number of hydrogen-bond acceptors (Lipinski definition) is 4. The van der Waals surface area contributed by atoms with Crippen molar-refractivity contribution in [2.45, 2.75) is 6.92 Å². The van der Waals surface area contributed by atoms with Crippen molar-refractivity contribution in [1.29, 1.82) is 0 Å². The number of aliphatic hydroxyl groups is 1. The van der Waals surface area contributed by atoms with Crippen LogP contribution in [-0.4, -0.2) is 24.7 Å². The molecular weight excluding hydrogens is 286 g/mol. The maximum atomic E-state index is 12.3. The van der Waals surface area contributed by atoms with Crippen LogP contribution in [0.15, 0.2) is 30.3 Å². The van der Waals surface area contributed by atoms with E-state index in [0.29, 0.717) is 16.3 Å². The largest absolute Gasteiger partial charge is 0.495 e. The molecule has 0 aliphatic rings. The molecule has 2 rings (SSSR count). The van der Waals surface area contributed by atoms with Gasteiger partial charge in [-0.1, -0.05) is 24.0 Å². The highest BCUT2D eigenvalue weighted by Crippen LogP contribution is 2.26. The topological polar surface area (TPSA) is 58.6 Å². The Bertz CT molecular complexity index is 710. The van der Waals surface area contributed by atoms with Gasteiger partial charge in [0.2, 0.25) is 0 Å². The molecule has 5 heteroatoms. The smallest absolute Gasteiger partial charge is 0.265 e. The summed E-state index contributed by atoms with van der Waals surface area (Å²) in [4.78, 5) is 13.6. The predicted molar refractivity (Wildman–Crippen MR) is 84.0 cm³/mol. The molecule has 0 bridgehead atoms. The van der Waals surface area contributed by atoms with E-state index in [-0.39, 0.29) is 12.5 Å². The minimum atomic E-state index is -0.204. The lowest BCUT2D eigenvalue weighted by Gasteiger charge is -2.08. The number of hydrogen-bond donors (Lipinski definition) is 2. The number of ether oxygens (including phenoxy) is 1. The van der Waals surface area contributed by atoms with Crippen molar-refractivity contribution >= 4 is 22.9 Å². The van der Waals surface area contributed by atoms with Gasteiger partial charge in [-0.3, -0.25) is 4.79 Å². The van der Waals surface area contributed by atoms with Gasteiger partial charge in [0.15, 0.2) is 0 Å². The van der Waals surface area contributed by atoms with Crippen LogP contribution in [-0.2, 0) is 0 Å². The molecule has 2 aromatic rings. The number of thiophene rings is 1. The normalized spacial score (nSPS) is 9.67. The fourth-order valence-electron chi connectivity index (χ4n) is 1.77. The molecule has 0 saturated carbocycles. The molecule has 0 fully saturated rings. The molecule has 0 radical (unpaired) electrons. The molecule has 108 valence electrons. The molecule has 2 N–H and O–H groups in total. The van der Waals surface area contributed by atoms with E-state index in [0.717, 1.165) is 10.4 Å². The van der Waals surface area contributed by atoms with Gasteiger partial charge >= 0.3 is 0 Å². The van der Waals surface area contributed by atoms with Gasteiger partial charge < -0.3 is 15.2 Å². The second kappa shape index (κ2) is 6.93. The van der Waals surface area contributed by atoms with Gasteiger partial charge in [-0.25, -0.2) is 0 Å². The summed E-state index contributed by atoms with van der Waals surface area (Å²) in [5.41, 5.74) is 1.55. The van der Waals surface area contributed by atoms with Crippen LogP contribution >= 0.6 is 11.3 Å². The number of para-hydroxylation sites is 2. The lowest BCUT2D eigenvalue weighted by atomic mass is 10.2. The van der Waals surface area contributed by atoms with E-state index in [1.807, 2.05) is 19.1 Å². The molecular formula is C16H15NO3S. The Morgan fingerprint density at radius 1 is 1.43 bits per heavy atom. The Morgan fingerprint density at radius 2 is 2.19 bits per heavy atom. The van der Waals surface area contributed by atoms with E-state index in [9.17, 15) is 4.79 Å². The quantitative estimate of drug-likeness (QED) is 0.857. The van der Waals surface area contributed by atoms with E-state index < -0.39 is 0 Å². The van der Waals surface area contributed by atoms with E-state index in [2.05, 4.69) is 17.2 Å². The average molecular weight is 301 g/mol. The number of aryl methyl sites for hydroxylation is 1. The van der Waals surface area contributed by atoms with Gasteiger partial charge in [-0.05, 0) is 30.7 Å². The van der Waals surface area contributed by atoms with Gasteiger partial charge in [0.05, 0.1) is 22.6 Å². The molecule has 0 saturated heterocycles. The van der Waals surface area contributed by atoms with Crippen LogP contribution in [0.5, 0.6) is 5.75 Å². The summed E-state index contributed by atoms with van der Waals surface area (Å²) in [5, 5.41) is 11.5. The van der Waals surface area contributed by atoms with E-state index in [1.165, 1.54) is 11.3 Å². The third kappa shape index (κ3) is 3.63. The Balaban J connectivity index is 2.21. The van der Waals surface area contributed by atoms with Crippen molar-refractivity contribution in [3.63, 3.8) is 0 Å². The van der Waals surface area contributed by atoms with Crippen molar-refractivity contribution in [2.24, 2.45) is 0 Å². The minimum Gasteiger partial charge on any atom is -0.495 e. The second-order valence-electron chi connectivity index (χ2n) is 4.24. The van der Waals surface area contributed by atoms with Gasteiger partial charge in [0.1, 0.15) is 12.4 Å². The fourth-order valence-corrected chi connectivity index (χ4v) is 2.71.